The average Bonchev–Trinajstić information content (AvgIpc) is 0. The first-order chi connectivity index (χ1) is 0. The molecule has 0 aliphatic carbocycles. The molecule has 0 amide bonds. The van der Waals surface area contributed by atoms with E-state index in [9.17, 15) is 0 Å². The van der Waals surface area contributed by atoms with E-state index in [1.165, 1.54) is 0 Å². The van der Waals surface area contributed by atoms with Gasteiger partial charge in [0.2, 0.25) is 0 Å². The van der Waals surface area contributed by atoms with Gasteiger partial charge in [0.1, 0.15) is 0 Å². The molecular formula is H20Bi2Ca2Cu3O10Sr2. The summed E-state index contributed by atoms with van der Waals surface area (Å²) in [5.41, 5.74) is 0. The third kappa shape index (κ3) is 223. The summed E-state index contributed by atoms with van der Waals surface area (Å²) in [6.07, 6.45) is 0. The van der Waals surface area contributed by atoms with E-state index in [1.54, 1.807) is 0 Å². The number of hydrogen-bond acceptors (Lipinski definition) is 0. The first-order valence-corrected chi connectivity index (χ1v) is 0. The van der Waals surface area contributed by atoms with Crippen LogP contribution in [0, 0.1) is 0 Å². The van der Waals surface area contributed by atoms with Crippen molar-refractivity contribution in [3.63, 3.8) is 0 Å². The fraction of sp³-hybridized carbons (Fsp3) is 0. The van der Waals surface area contributed by atoms with E-state index < -0.39 is 0 Å². The summed E-state index contributed by atoms with van der Waals surface area (Å²) in [5.74, 6) is 0. The van der Waals surface area contributed by atoms with Gasteiger partial charge in [-0.1, -0.05) is 0 Å². The summed E-state index contributed by atoms with van der Waals surface area (Å²) in [6, 6.07) is 0. The Morgan fingerprint density at radius 2 is 0.263 bits per heavy atom. The fourth-order valence-corrected chi connectivity index (χ4v) is 0. The van der Waals surface area contributed by atoms with Gasteiger partial charge in [0.05, 0.1) is 0 Å². The molecule has 131 valence electrons. The molecule has 0 atom stereocenters. The summed E-state index contributed by atoms with van der Waals surface area (Å²) in [6.45, 7) is 0. The van der Waals surface area contributed by atoms with Gasteiger partial charge in [-0.05, 0) is 0 Å². The van der Waals surface area contributed by atoms with Crippen LogP contribution in [0.4, 0.5) is 0 Å². The van der Waals surface area contributed by atoms with Crippen molar-refractivity contribution in [1.29, 1.82) is 0 Å². The van der Waals surface area contributed by atoms with Crippen molar-refractivity contribution in [3.8, 4) is 0 Å². The Morgan fingerprint density at radius 1 is 0.263 bits per heavy atom. The predicted octanol–water partition coefficient (Wildman–Crippen LogP) is -10.5. The van der Waals surface area contributed by atoms with E-state index in [0.717, 1.165) is 0 Å². The van der Waals surface area contributed by atoms with Crippen molar-refractivity contribution in [2.45, 2.75) is 0 Å². The first kappa shape index (κ1) is 270. The molecule has 0 aliphatic heterocycles. The second-order valence-corrected chi connectivity index (χ2v) is 0. The predicted molar refractivity (Wildman–Crippen MR) is 70.7 cm³/mol. The monoisotopic (exact) mass is 1040 g/mol. The van der Waals surface area contributed by atoms with Crippen LogP contribution in [-0.4, -0.2) is 274 Å². The van der Waals surface area contributed by atoms with Gasteiger partial charge in [-0.25, -0.2) is 0 Å². The van der Waals surface area contributed by atoms with E-state index in [4.69, 9.17) is 0 Å². The van der Waals surface area contributed by atoms with Crippen molar-refractivity contribution >= 4 is 219 Å². The van der Waals surface area contributed by atoms with Gasteiger partial charge in [0, 0.05) is 270 Å². The van der Waals surface area contributed by atoms with Crippen LogP contribution in [0.2, 0.25) is 0 Å². The Morgan fingerprint density at radius 3 is 0.263 bits per heavy atom. The third-order valence-corrected chi connectivity index (χ3v) is 0. The first-order valence-electron chi connectivity index (χ1n) is 0. The van der Waals surface area contributed by atoms with Crippen LogP contribution in [0.15, 0.2) is 0 Å². The Hall–Kier alpha value is 8.41. The Kier molecular flexibility index (Phi) is 3430. The minimum Gasteiger partial charge on any atom is -0.412 e. The normalized spacial score (nSPS) is 0. The molecule has 0 aromatic heterocycles. The van der Waals surface area contributed by atoms with Gasteiger partial charge < -0.3 is 54.8 Å². The van der Waals surface area contributed by atoms with E-state index in [0.29, 0.717) is 0 Å². The van der Waals surface area contributed by atoms with Crippen LogP contribution < -0.4 is 0 Å². The van der Waals surface area contributed by atoms with Crippen LogP contribution in [0.5, 0.6) is 0 Å². The summed E-state index contributed by atoms with van der Waals surface area (Å²) in [4.78, 5) is 0. The third-order valence-electron chi connectivity index (χ3n) is 0. The standard InChI is InChI=1S/2Bi.2Ca.3Cu.10H2O.2Sr/h;;;;;;;10*1H2;;. The summed E-state index contributed by atoms with van der Waals surface area (Å²) < 4.78 is 0. The van der Waals surface area contributed by atoms with Crippen LogP contribution >= 0.6 is 0 Å². The number of rotatable bonds is 0. The average molecular weight is 1040 g/mol. The maximum absolute atomic E-state index is 0. The molecule has 0 rings (SSSR count). The zero-order valence-corrected chi connectivity index (χ0v) is 30.8. The second kappa shape index (κ2) is 241. The zero-order valence-electron chi connectivity index (χ0n) is 9.63. The molecule has 0 saturated heterocycles. The van der Waals surface area contributed by atoms with Crippen LogP contribution in [0.1, 0.15) is 0 Å². The van der Waals surface area contributed by atoms with Crippen molar-refractivity contribution in [1.82, 2.24) is 0 Å². The molecule has 0 unspecified atom stereocenters. The van der Waals surface area contributed by atoms with Gasteiger partial charge in [-0.2, -0.15) is 0 Å². The quantitative estimate of drug-likeness (QED) is 0.204. The van der Waals surface area contributed by atoms with E-state index in [1.807, 2.05) is 0 Å². The molecule has 0 saturated carbocycles. The molecule has 17 radical (unpaired) electrons. The van der Waals surface area contributed by atoms with E-state index >= 15 is 0 Å². The van der Waals surface area contributed by atoms with Crippen molar-refractivity contribution < 1.29 is 106 Å². The SMILES string of the molecule is O.O.O.O.O.O.O.O.O.O.[Bi].[Bi].[Ca].[Ca].[Cu].[Cu].[Cu].[Sr].[Sr]. The molecule has 0 aromatic carbocycles. The molecule has 0 aliphatic rings. The van der Waals surface area contributed by atoms with Crippen LogP contribution in [-0.2, 0) is 51.2 Å². The summed E-state index contributed by atoms with van der Waals surface area (Å²) in [7, 11) is 0. The Balaban J connectivity index is 0. The van der Waals surface area contributed by atoms with E-state index in [-0.39, 0.29) is 325 Å². The van der Waals surface area contributed by atoms with Gasteiger partial charge in [-0.3, -0.25) is 0 Å². The topological polar surface area (TPSA) is 315 Å². The number of hydrogen-bond donors (Lipinski definition) is 0. The zero-order chi connectivity index (χ0) is 0. The smallest absolute Gasteiger partial charge is 0 e. The Labute approximate surface area is 315 Å². The van der Waals surface area contributed by atoms with Gasteiger partial charge in [0.25, 0.3) is 0 Å². The molecule has 0 heterocycles. The molecule has 20 N–H and O–H groups in total. The Bertz CT molecular complexity index is 36.7. The largest absolute Gasteiger partial charge is 0.412 e. The van der Waals surface area contributed by atoms with Crippen LogP contribution in [0.25, 0.3) is 0 Å². The molecule has 0 spiro atoms. The molecule has 19 heavy (non-hydrogen) atoms. The molecular weight excluding hydrogens is 1020 g/mol. The molecule has 19 heteroatoms. The molecule has 0 bridgehead atoms. The van der Waals surface area contributed by atoms with E-state index in [2.05, 4.69) is 0 Å². The summed E-state index contributed by atoms with van der Waals surface area (Å²) >= 11 is 0. The van der Waals surface area contributed by atoms with Crippen LogP contribution in [0.3, 0.4) is 0 Å². The molecule has 0 aromatic rings. The minimum atomic E-state index is 0. The fourth-order valence-electron chi connectivity index (χ4n) is 0. The molecule has 10 nitrogen and oxygen atoms in total. The van der Waals surface area contributed by atoms with Crippen molar-refractivity contribution in [2.75, 3.05) is 0 Å². The second-order valence-electron chi connectivity index (χ2n) is 0. The minimum absolute atomic E-state index is 0. The van der Waals surface area contributed by atoms with Crippen molar-refractivity contribution in [2.24, 2.45) is 0 Å². The van der Waals surface area contributed by atoms with Gasteiger partial charge in [0.15, 0.2) is 0 Å². The van der Waals surface area contributed by atoms with Crippen molar-refractivity contribution in [3.05, 3.63) is 0 Å². The molecule has 0 fully saturated rings. The summed E-state index contributed by atoms with van der Waals surface area (Å²) in [5, 5.41) is 0. The van der Waals surface area contributed by atoms with Gasteiger partial charge >= 0.3 is 0 Å². The maximum Gasteiger partial charge on any atom is 0 e. The van der Waals surface area contributed by atoms with Gasteiger partial charge in [-0.15, -0.1) is 0 Å². The maximum atomic E-state index is 0.